The quantitative estimate of drug-likeness (QED) is 0.632. The molecule has 0 aromatic heterocycles. The molecule has 0 saturated carbocycles. The second-order valence-electron chi connectivity index (χ2n) is 2.41. The van der Waals surface area contributed by atoms with Crippen LogP contribution in [-0.4, -0.2) is 0 Å². The Labute approximate surface area is 63.8 Å². The molecule has 1 aromatic rings. The molecular weight excluding hydrogens is 148 g/mol. The molecule has 0 heterocycles. The Balaban J connectivity index is 3.29. The van der Waals surface area contributed by atoms with Gasteiger partial charge < -0.3 is 5.73 Å². The molecule has 3 N–H and O–H groups in total. The molecular formula is C8H10F2N+. The Morgan fingerprint density at radius 1 is 1.36 bits per heavy atom. The van der Waals surface area contributed by atoms with Crippen molar-refractivity contribution in [2.75, 3.05) is 0 Å². The normalized spacial score (nSPS) is 10.2. The van der Waals surface area contributed by atoms with Crippen molar-refractivity contribution in [3.05, 3.63) is 34.9 Å². The molecule has 0 amide bonds. The van der Waals surface area contributed by atoms with E-state index in [1.54, 1.807) is 6.92 Å². The number of hydrogen-bond acceptors (Lipinski definition) is 0. The number of quaternary nitrogens is 1. The molecule has 0 bridgehead atoms. The minimum atomic E-state index is -0.511. The highest BCUT2D eigenvalue weighted by atomic mass is 19.1. The third kappa shape index (κ3) is 1.38. The van der Waals surface area contributed by atoms with E-state index in [-0.39, 0.29) is 12.1 Å². The lowest BCUT2D eigenvalue weighted by atomic mass is 10.1. The summed E-state index contributed by atoms with van der Waals surface area (Å²) in [6.45, 7) is 1.76. The molecule has 0 fully saturated rings. The Morgan fingerprint density at radius 2 is 2.00 bits per heavy atom. The standard InChI is InChI=1S/C8H9F2N/c1-5-2-3-7(9)6(4-11)8(5)10/h2-3H,4,11H2,1H3/p+1. The van der Waals surface area contributed by atoms with E-state index in [0.29, 0.717) is 5.56 Å². The van der Waals surface area contributed by atoms with E-state index in [4.69, 9.17) is 0 Å². The van der Waals surface area contributed by atoms with Gasteiger partial charge in [0.1, 0.15) is 18.2 Å². The van der Waals surface area contributed by atoms with E-state index >= 15 is 0 Å². The first-order valence-corrected chi connectivity index (χ1v) is 3.39. The van der Waals surface area contributed by atoms with Crippen LogP contribution in [0.1, 0.15) is 11.1 Å². The van der Waals surface area contributed by atoms with Gasteiger partial charge in [-0.25, -0.2) is 8.78 Å². The Hall–Kier alpha value is -0.960. The van der Waals surface area contributed by atoms with Crippen LogP contribution in [0.4, 0.5) is 8.78 Å². The first kappa shape index (κ1) is 8.14. The van der Waals surface area contributed by atoms with Crippen LogP contribution in [0.2, 0.25) is 0 Å². The molecule has 1 aromatic carbocycles. The number of hydrogen-bond donors (Lipinski definition) is 1. The number of benzene rings is 1. The van der Waals surface area contributed by atoms with Crippen LogP contribution in [-0.2, 0) is 6.54 Å². The molecule has 0 radical (unpaired) electrons. The molecule has 0 aliphatic carbocycles. The molecule has 3 heteroatoms. The molecule has 60 valence electrons. The summed E-state index contributed by atoms with van der Waals surface area (Å²) < 4.78 is 25.7. The van der Waals surface area contributed by atoms with Crippen molar-refractivity contribution >= 4 is 0 Å². The van der Waals surface area contributed by atoms with Gasteiger partial charge in [0.25, 0.3) is 0 Å². The van der Waals surface area contributed by atoms with Gasteiger partial charge in [-0.15, -0.1) is 0 Å². The van der Waals surface area contributed by atoms with Crippen LogP contribution < -0.4 is 5.73 Å². The monoisotopic (exact) mass is 158 g/mol. The zero-order valence-electron chi connectivity index (χ0n) is 6.32. The first-order valence-electron chi connectivity index (χ1n) is 3.39. The third-order valence-electron chi connectivity index (χ3n) is 1.63. The lowest BCUT2D eigenvalue weighted by Crippen LogP contribution is -2.48. The largest absolute Gasteiger partial charge is 0.354 e. The molecule has 0 aliphatic rings. The maximum atomic E-state index is 13.0. The molecule has 0 unspecified atom stereocenters. The highest BCUT2D eigenvalue weighted by Gasteiger charge is 2.10. The SMILES string of the molecule is Cc1ccc(F)c(C[NH3+])c1F. The molecule has 11 heavy (non-hydrogen) atoms. The van der Waals surface area contributed by atoms with Gasteiger partial charge in [-0.1, -0.05) is 6.07 Å². The summed E-state index contributed by atoms with van der Waals surface area (Å²) in [6, 6.07) is 2.68. The smallest absolute Gasteiger partial charge is 0.137 e. The Kier molecular flexibility index (Phi) is 2.19. The summed E-state index contributed by atoms with van der Waals surface area (Å²) in [5.74, 6) is -0.983. The average Bonchev–Trinajstić information content (AvgIpc) is 1.99. The van der Waals surface area contributed by atoms with Gasteiger partial charge in [0.2, 0.25) is 0 Å². The predicted molar refractivity (Wildman–Crippen MR) is 37.7 cm³/mol. The molecule has 0 saturated heterocycles. The fraction of sp³-hybridized carbons (Fsp3) is 0.250. The average molecular weight is 158 g/mol. The minimum Gasteiger partial charge on any atom is -0.354 e. The maximum absolute atomic E-state index is 13.0. The summed E-state index contributed by atoms with van der Waals surface area (Å²) in [5, 5.41) is 0. The molecule has 0 aliphatic heterocycles. The zero-order valence-corrected chi connectivity index (χ0v) is 6.32. The maximum Gasteiger partial charge on any atom is 0.137 e. The Morgan fingerprint density at radius 3 is 2.45 bits per heavy atom. The van der Waals surface area contributed by atoms with Crippen molar-refractivity contribution in [3.8, 4) is 0 Å². The highest BCUT2D eigenvalue weighted by molar-refractivity contribution is 5.25. The second kappa shape index (κ2) is 2.96. The number of aryl methyl sites for hydroxylation is 1. The van der Waals surface area contributed by atoms with Crippen molar-refractivity contribution in [3.63, 3.8) is 0 Å². The van der Waals surface area contributed by atoms with Crippen LogP contribution in [0, 0.1) is 18.6 Å². The summed E-state index contributed by atoms with van der Waals surface area (Å²) in [7, 11) is 0. The van der Waals surface area contributed by atoms with E-state index < -0.39 is 11.6 Å². The van der Waals surface area contributed by atoms with E-state index in [0.717, 1.165) is 0 Å². The Bertz CT molecular complexity index is 271. The second-order valence-corrected chi connectivity index (χ2v) is 2.41. The van der Waals surface area contributed by atoms with Crippen molar-refractivity contribution in [2.24, 2.45) is 0 Å². The fourth-order valence-corrected chi connectivity index (χ4v) is 0.944. The van der Waals surface area contributed by atoms with Gasteiger partial charge >= 0.3 is 0 Å². The highest BCUT2D eigenvalue weighted by Crippen LogP contribution is 2.14. The van der Waals surface area contributed by atoms with Crippen molar-refractivity contribution in [1.29, 1.82) is 0 Å². The first-order chi connectivity index (χ1) is 5.16. The summed E-state index contributed by atoms with van der Waals surface area (Å²) in [4.78, 5) is 0. The van der Waals surface area contributed by atoms with Gasteiger partial charge in [-0.2, -0.15) is 0 Å². The molecule has 1 rings (SSSR count). The topological polar surface area (TPSA) is 27.6 Å². The lowest BCUT2D eigenvalue weighted by molar-refractivity contribution is -0.387. The van der Waals surface area contributed by atoms with Gasteiger partial charge in [-0.3, -0.25) is 0 Å². The summed E-state index contributed by atoms with van der Waals surface area (Å²) in [6.07, 6.45) is 0. The molecule has 1 nitrogen and oxygen atoms in total. The van der Waals surface area contributed by atoms with Crippen LogP contribution >= 0.6 is 0 Å². The minimum absolute atomic E-state index is 0.0741. The number of rotatable bonds is 1. The van der Waals surface area contributed by atoms with Crippen molar-refractivity contribution < 1.29 is 14.5 Å². The summed E-state index contributed by atoms with van der Waals surface area (Å²) >= 11 is 0. The van der Waals surface area contributed by atoms with Crippen LogP contribution in [0.15, 0.2) is 12.1 Å². The van der Waals surface area contributed by atoms with Gasteiger partial charge in [0.05, 0.1) is 5.56 Å². The van der Waals surface area contributed by atoms with Crippen molar-refractivity contribution in [1.82, 2.24) is 0 Å². The fourth-order valence-electron chi connectivity index (χ4n) is 0.944. The lowest BCUT2D eigenvalue weighted by Gasteiger charge is -2.01. The predicted octanol–water partition coefficient (Wildman–Crippen LogP) is 1.02. The summed E-state index contributed by atoms with van der Waals surface area (Å²) in [5.41, 5.74) is 3.98. The van der Waals surface area contributed by atoms with Crippen LogP contribution in [0.5, 0.6) is 0 Å². The molecule has 0 atom stereocenters. The van der Waals surface area contributed by atoms with E-state index in [1.807, 2.05) is 0 Å². The van der Waals surface area contributed by atoms with Crippen molar-refractivity contribution in [2.45, 2.75) is 13.5 Å². The molecule has 0 spiro atoms. The van der Waals surface area contributed by atoms with Gasteiger partial charge in [0, 0.05) is 0 Å². The third-order valence-corrected chi connectivity index (χ3v) is 1.63. The van der Waals surface area contributed by atoms with E-state index in [9.17, 15) is 8.78 Å². The number of halogens is 2. The van der Waals surface area contributed by atoms with E-state index in [2.05, 4.69) is 5.73 Å². The van der Waals surface area contributed by atoms with Crippen LogP contribution in [0.25, 0.3) is 0 Å². The van der Waals surface area contributed by atoms with Gasteiger partial charge in [0.15, 0.2) is 0 Å². The van der Waals surface area contributed by atoms with E-state index in [1.165, 1.54) is 12.1 Å². The van der Waals surface area contributed by atoms with Crippen LogP contribution in [0.3, 0.4) is 0 Å². The zero-order chi connectivity index (χ0) is 8.43. The van der Waals surface area contributed by atoms with Gasteiger partial charge in [-0.05, 0) is 18.6 Å².